The van der Waals surface area contributed by atoms with Gasteiger partial charge in [0.1, 0.15) is 0 Å². The lowest BCUT2D eigenvalue weighted by Crippen LogP contribution is -2.29. The highest BCUT2D eigenvalue weighted by Crippen LogP contribution is 2.16. The normalized spacial score (nSPS) is 19.1. The van der Waals surface area contributed by atoms with Crippen LogP contribution in [0.5, 0.6) is 0 Å². The van der Waals surface area contributed by atoms with Gasteiger partial charge in [0.15, 0.2) is 5.13 Å². The molecule has 1 fully saturated rings. The molecule has 13 heavy (non-hydrogen) atoms. The smallest absolute Gasteiger partial charge is 0.180 e. The van der Waals surface area contributed by atoms with Crippen LogP contribution in [0.3, 0.4) is 0 Å². The van der Waals surface area contributed by atoms with E-state index >= 15 is 0 Å². The molecule has 4 heteroatoms. The van der Waals surface area contributed by atoms with Gasteiger partial charge in [-0.05, 0) is 25.9 Å². The van der Waals surface area contributed by atoms with Crippen molar-refractivity contribution in [3.63, 3.8) is 0 Å². The van der Waals surface area contributed by atoms with Crippen molar-refractivity contribution in [2.45, 2.75) is 25.8 Å². The molecule has 0 atom stereocenters. The summed E-state index contributed by atoms with van der Waals surface area (Å²) < 4.78 is 0. The SMILES string of the molecule is Nc1nc(CN2CCCCC2)cs1. The minimum absolute atomic E-state index is 0.687. The Morgan fingerprint density at radius 1 is 1.38 bits per heavy atom. The van der Waals surface area contributed by atoms with Gasteiger partial charge in [-0.2, -0.15) is 0 Å². The third kappa shape index (κ3) is 2.42. The summed E-state index contributed by atoms with van der Waals surface area (Å²) in [5, 5.41) is 2.75. The second-order valence-corrected chi connectivity index (χ2v) is 4.40. The predicted octanol–water partition coefficient (Wildman–Crippen LogP) is 1.71. The lowest BCUT2D eigenvalue weighted by molar-refractivity contribution is 0.219. The molecular weight excluding hydrogens is 182 g/mol. The number of nitrogens with two attached hydrogens (primary N) is 1. The van der Waals surface area contributed by atoms with E-state index in [0.29, 0.717) is 5.13 Å². The van der Waals surface area contributed by atoms with Crippen molar-refractivity contribution in [2.24, 2.45) is 0 Å². The summed E-state index contributed by atoms with van der Waals surface area (Å²) in [5.74, 6) is 0. The van der Waals surface area contributed by atoms with Crippen LogP contribution in [0.2, 0.25) is 0 Å². The van der Waals surface area contributed by atoms with Gasteiger partial charge in [0, 0.05) is 11.9 Å². The molecule has 3 nitrogen and oxygen atoms in total. The average molecular weight is 197 g/mol. The Balaban J connectivity index is 1.89. The van der Waals surface area contributed by atoms with Crippen molar-refractivity contribution in [3.8, 4) is 0 Å². The van der Waals surface area contributed by atoms with Crippen LogP contribution in [0.15, 0.2) is 5.38 Å². The standard InChI is InChI=1S/C9H15N3S/c10-9-11-8(7-13-9)6-12-4-2-1-3-5-12/h7H,1-6H2,(H2,10,11). The van der Waals surface area contributed by atoms with Crippen molar-refractivity contribution in [1.82, 2.24) is 9.88 Å². The molecule has 2 N–H and O–H groups in total. The highest BCUT2D eigenvalue weighted by atomic mass is 32.1. The zero-order chi connectivity index (χ0) is 9.10. The van der Waals surface area contributed by atoms with Gasteiger partial charge in [-0.3, -0.25) is 4.90 Å². The fourth-order valence-corrected chi connectivity index (χ4v) is 2.30. The van der Waals surface area contributed by atoms with Crippen LogP contribution in [-0.4, -0.2) is 23.0 Å². The Kier molecular flexibility index (Phi) is 2.80. The Morgan fingerprint density at radius 3 is 2.77 bits per heavy atom. The molecule has 0 saturated carbocycles. The summed E-state index contributed by atoms with van der Waals surface area (Å²) in [6.45, 7) is 3.42. The van der Waals surface area contributed by atoms with Gasteiger partial charge in [-0.15, -0.1) is 11.3 Å². The summed E-state index contributed by atoms with van der Waals surface area (Å²) >= 11 is 1.53. The molecule has 0 aliphatic carbocycles. The van der Waals surface area contributed by atoms with E-state index in [4.69, 9.17) is 5.73 Å². The van der Waals surface area contributed by atoms with Crippen LogP contribution < -0.4 is 5.73 Å². The maximum absolute atomic E-state index is 5.57. The highest BCUT2D eigenvalue weighted by molar-refractivity contribution is 7.13. The van der Waals surface area contributed by atoms with Crippen LogP contribution in [0, 0.1) is 0 Å². The van der Waals surface area contributed by atoms with Crippen LogP contribution >= 0.6 is 11.3 Å². The van der Waals surface area contributed by atoms with E-state index < -0.39 is 0 Å². The van der Waals surface area contributed by atoms with Gasteiger partial charge in [0.25, 0.3) is 0 Å². The molecule has 1 aromatic rings. The molecule has 2 rings (SSSR count). The Bertz CT molecular complexity index is 266. The number of piperidine rings is 1. The molecule has 0 unspecified atom stereocenters. The van der Waals surface area contributed by atoms with Crippen molar-refractivity contribution >= 4 is 16.5 Å². The molecular formula is C9H15N3S. The largest absolute Gasteiger partial charge is 0.375 e. The van der Waals surface area contributed by atoms with Gasteiger partial charge < -0.3 is 5.73 Å². The van der Waals surface area contributed by atoms with Crippen molar-refractivity contribution in [2.75, 3.05) is 18.8 Å². The van der Waals surface area contributed by atoms with Gasteiger partial charge in [0.2, 0.25) is 0 Å². The van der Waals surface area contributed by atoms with Gasteiger partial charge in [0.05, 0.1) is 5.69 Å². The van der Waals surface area contributed by atoms with Crippen molar-refractivity contribution < 1.29 is 0 Å². The van der Waals surface area contributed by atoms with E-state index in [1.807, 2.05) is 0 Å². The number of hydrogen-bond donors (Lipinski definition) is 1. The third-order valence-electron chi connectivity index (χ3n) is 2.40. The summed E-state index contributed by atoms with van der Waals surface area (Å²) in [6, 6.07) is 0. The zero-order valence-electron chi connectivity index (χ0n) is 7.70. The average Bonchev–Trinajstić information content (AvgIpc) is 2.53. The van der Waals surface area contributed by atoms with E-state index in [2.05, 4.69) is 15.3 Å². The lowest BCUT2D eigenvalue weighted by Gasteiger charge is -2.25. The van der Waals surface area contributed by atoms with Crippen LogP contribution in [0.1, 0.15) is 25.0 Å². The first-order valence-electron chi connectivity index (χ1n) is 4.77. The second kappa shape index (κ2) is 4.07. The molecule has 72 valence electrons. The fraction of sp³-hybridized carbons (Fsp3) is 0.667. The molecule has 2 heterocycles. The molecule has 0 spiro atoms. The first-order chi connectivity index (χ1) is 6.34. The van der Waals surface area contributed by atoms with Crippen LogP contribution in [0.25, 0.3) is 0 Å². The number of anilines is 1. The Morgan fingerprint density at radius 2 is 2.15 bits per heavy atom. The number of rotatable bonds is 2. The van der Waals surface area contributed by atoms with Gasteiger partial charge in [-0.25, -0.2) is 4.98 Å². The Hall–Kier alpha value is -0.610. The van der Waals surface area contributed by atoms with Gasteiger partial charge in [-0.1, -0.05) is 6.42 Å². The topological polar surface area (TPSA) is 42.1 Å². The molecule has 1 aliphatic heterocycles. The zero-order valence-corrected chi connectivity index (χ0v) is 8.52. The van der Waals surface area contributed by atoms with Crippen molar-refractivity contribution in [1.29, 1.82) is 0 Å². The van der Waals surface area contributed by atoms with E-state index in [1.54, 1.807) is 0 Å². The summed E-state index contributed by atoms with van der Waals surface area (Å²) in [4.78, 5) is 6.72. The quantitative estimate of drug-likeness (QED) is 0.785. The number of nitrogen functional groups attached to an aromatic ring is 1. The minimum atomic E-state index is 0.687. The molecule has 0 aromatic carbocycles. The highest BCUT2D eigenvalue weighted by Gasteiger charge is 2.11. The lowest BCUT2D eigenvalue weighted by atomic mass is 10.1. The first kappa shape index (κ1) is 8.97. The van der Waals surface area contributed by atoms with Crippen molar-refractivity contribution in [3.05, 3.63) is 11.1 Å². The molecule has 1 aliphatic rings. The Labute approximate surface area is 82.6 Å². The maximum atomic E-state index is 5.57. The summed E-state index contributed by atoms with van der Waals surface area (Å²) in [6.07, 6.45) is 4.05. The minimum Gasteiger partial charge on any atom is -0.375 e. The third-order valence-corrected chi connectivity index (χ3v) is 3.13. The molecule has 1 aromatic heterocycles. The van der Waals surface area contributed by atoms with Crippen LogP contribution in [0.4, 0.5) is 5.13 Å². The van der Waals surface area contributed by atoms with E-state index in [0.717, 1.165) is 12.2 Å². The molecule has 0 bridgehead atoms. The monoisotopic (exact) mass is 197 g/mol. The number of aromatic nitrogens is 1. The van der Waals surface area contributed by atoms with E-state index in [9.17, 15) is 0 Å². The number of thiazole rings is 1. The second-order valence-electron chi connectivity index (χ2n) is 3.51. The van der Waals surface area contributed by atoms with E-state index in [-0.39, 0.29) is 0 Å². The summed E-state index contributed by atoms with van der Waals surface area (Å²) in [5.41, 5.74) is 6.70. The fourth-order valence-electron chi connectivity index (χ4n) is 1.74. The summed E-state index contributed by atoms with van der Waals surface area (Å²) in [7, 11) is 0. The molecule has 1 saturated heterocycles. The predicted molar refractivity (Wildman–Crippen MR) is 55.7 cm³/mol. The number of nitrogens with zero attached hydrogens (tertiary/aromatic N) is 2. The maximum Gasteiger partial charge on any atom is 0.180 e. The van der Waals surface area contributed by atoms with E-state index in [1.165, 1.54) is 43.7 Å². The number of likely N-dealkylation sites (tertiary alicyclic amines) is 1. The van der Waals surface area contributed by atoms with Gasteiger partial charge >= 0.3 is 0 Å². The first-order valence-corrected chi connectivity index (χ1v) is 5.65. The van der Waals surface area contributed by atoms with Crippen LogP contribution in [-0.2, 0) is 6.54 Å². The molecule has 0 amide bonds. The molecule has 0 radical (unpaired) electrons. The number of hydrogen-bond acceptors (Lipinski definition) is 4.